The van der Waals surface area contributed by atoms with Gasteiger partial charge in [-0.25, -0.2) is 4.39 Å². The first-order valence-corrected chi connectivity index (χ1v) is 8.42. The van der Waals surface area contributed by atoms with Gasteiger partial charge in [0.2, 0.25) is 11.8 Å². The van der Waals surface area contributed by atoms with Crippen molar-refractivity contribution in [3.63, 3.8) is 0 Å². The average Bonchev–Trinajstić information content (AvgIpc) is 3.34. The summed E-state index contributed by atoms with van der Waals surface area (Å²) < 4.78 is 12.8. The van der Waals surface area contributed by atoms with Crippen LogP contribution in [0.4, 0.5) is 4.39 Å². The molecule has 0 radical (unpaired) electrons. The van der Waals surface area contributed by atoms with E-state index < -0.39 is 0 Å². The summed E-state index contributed by atoms with van der Waals surface area (Å²) in [4.78, 5) is 26.0. The standard InChI is InChI=1S/C18H26FN3O2/c1-22(2)11-3-9-20-17(23)15-12-16(15)18(24)21-10-8-13-4-6-14(19)7-5-13/h4-7,15-16H,3,8-12H2,1-2H3,(H,20,23)(H,21,24). The maximum atomic E-state index is 12.8. The number of benzene rings is 1. The number of hydrogen-bond acceptors (Lipinski definition) is 3. The van der Waals surface area contributed by atoms with Crippen LogP contribution in [0.15, 0.2) is 24.3 Å². The summed E-state index contributed by atoms with van der Waals surface area (Å²) in [6.07, 6.45) is 2.18. The van der Waals surface area contributed by atoms with Crippen molar-refractivity contribution >= 4 is 11.8 Å². The molecule has 1 aliphatic carbocycles. The molecule has 1 saturated carbocycles. The zero-order chi connectivity index (χ0) is 17.5. The molecule has 1 fully saturated rings. The van der Waals surface area contributed by atoms with Crippen LogP contribution in [0.3, 0.4) is 0 Å². The third-order valence-corrected chi connectivity index (χ3v) is 4.17. The Kier molecular flexibility index (Phi) is 6.73. The van der Waals surface area contributed by atoms with E-state index in [9.17, 15) is 14.0 Å². The molecule has 1 aliphatic rings. The number of amides is 2. The molecule has 5 nitrogen and oxygen atoms in total. The quantitative estimate of drug-likeness (QED) is 0.667. The summed E-state index contributed by atoms with van der Waals surface area (Å²) in [5.41, 5.74) is 0.975. The van der Waals surface area contributed by atoms with E-state index in [1.54, 1.807) is 12.1 Å². The van der Waals surface area contributed by atoms with Crippen LogP contribution in [0, 0.1) is 17.7 Å². The van der Waals surface area contributed by atoms with Gasteiger partial charge >= 0.3 is 0 Å². The van der Waals surface area contributed by atoms with E-state index in [0.29, 0.717) is 25.9 Å². The van der Waals surface area contributed by atoms with Crippen molar-refractivity contribution in [2.75, 3.05) is 33.7 Å². The monoisotopic (exact) mass is 335 g/mol. The fourth-order valence-corrected chi connectivity index (χ4v) is 2.62. The maximum Gasteiger partial charge on any atom is 0.223 e. The summed E-state index contributed by atoms with van der Waals surface area (Å²) in [7, 11) is 3.99. The van der Waals surface area contributed by atoms with Crippen LogP contribution in [0.1, 0.15) is 18.4 Å². The molecular weight excluding hydrogens is 309 g/mol. The van der Waals surface area contributed by atoms with Gasteiger partial charge in [-0.05, 0) is 57.6 Å². The number of carbonyl (C=O) groups excluding carboxylic acids is 2. The molecular formula is C18H26FN3O2. The van der Waals surface area contributed by atoms with Crippen molar-refractivity contribution in [1.29, 1.82) is 0 Å². The SMILES string of the molecule is CN(C)CCCNC(=O)C1CC1C(=O)NCCc1ccc(F)cc1. The van der Waals surface area contributed by atoms with Gasteiger partial charge < -0.3 is 15.5 Å². The number of halogens is 1. The molecule has 2 rings (SSSR count). The number of rotatable bonds is 9. The Balaban J connectivity index is 1.60. The Morgan fingerprint density at radius 2 is 1.67 bits per heavy atom. The van der Waals surface area contributed by atoms with Gasteiger partial charge in [-0.1, -0.05) is 12.1 Å². The minimum absolute atomic E-state index is 0.0209. The lowest BCUT2D eigenvalue weighted by Crippen LogP contribution is -2.32. The smallest absolute Gasteiger partial charge is 0.223 e. The van der Waals surface area contributed by atoms with Crippen LogP contribution in [0.2, 0.25) is 0 Å². The Labute approximate surface area is 142 Å². The molecule has 0 saturated heterocycles. The fourth-order valence-electron chi connectivity index (χ4n) is 2.62. The molecule has 2 amide bonds. The normalized spacial score (nSPS) is 19.2. The van der Waals surface area contributed by atoms with E-state index >= 15 is 0 Å². The van der Waals surface area contributed by atoms with Gasteiger partial charge in [-0.15, -0.1) is 0 Å². The van der Waals surface area contributed by atoms with Crippen molar-refractivity contribution in [3.8, 4) is 0 Å². The van der Waals surface area contributed by atoms with E-state index in [0.717, 1.165) is 18.5 Å². The largest absolute Gasteiger partial charge is 0.356 e. The Morgan fingerprint density at radius 1 is 1.08 bits per heavy atom. The summed E-state index contributed by atoms with van der Waals surface area (Å²) in [5, 5.41) is 5.75. The molecule has 132 valence electrons. The zero-order valence-corrected chi connectivity index (χ0v) is 14.3. The van der Waals surface area contributed by atoms with Crippen molar-refractivity contribution in [2.24, 2.45) is 11.8 Å². The zero-order valence-electron chi connectivity index (χ0n) is 14.3. The van der Waals surface area contributed by atoms with Crippen LogP contribution < -0.4 is 10.6 Å². The molecule has 2 N–H and O–H groups in total. The summed E-state index contributed by atoms with van der Waals surface area (Å²) in [6, 6.07) is 6.24. The van der Waals surface area contributed by atoms with E-state index in [1.807, 2.05) is 14.1 Å². The molecule has 0 bridgehead atoms. The Hall–Kier alpha value is -1.95. The highest BCUT2D eigenvalue weighted by Crippen LogP contribution is 2.38. The lowest BCUT2D eigenvalue weighted by Gasteiger charge is -2.10. The second kappa shape index (κ2) is 8.78. The van der Waals surface area contributed by atoms with E-state index in [1.165, 1.54) is 12.1 Å². The number of nitrogens with one attached hydrogen (secondary N) is 2. The Morgan fingerprint density at radius 3 is 2.25 bits per heavy atom. The van der Waals surface area contributed by atoms with E-state index in [4.69, 9.17) is 0 Å². The fraction of sp³-hybridized carbons (Fsp3) is 0.556. The summed E-state index contributed by atoms with van der Waals surface area (Å²) in [6.45, 7) is 2.07. The van der Waals surface area contributed by atoms with Crippen molar-refractivity contribution in [1.82, 2.24) is 15.5 Å². The molecule has 0 heterocycles. The first-order valence-electron chi connectivity index (χ1n) is 8.42. The average molecular weight is 335 g/mol. The minimum atomic E-state index is -0.264. The second-order valence-corrected chi connectivity index (χ2v) is 6.56. The second-order valence-electron chi connectivity index (χ2n) is 6.56. The molecule has 0 spiro atoms. The first-order chi connectivity index (χ1) is 11.5. The van der Waals surface area contributed by atoms with Crippen LogP contribution in [0.5, 0.6) is 0 Å². The van der Waals surface area contributed by atoms with Gasteiger partial charge in [0.1, 0.15) is 5.82 Å². The molecule has 1 aromatic rings. The van der Waals surface area contributed by atoms with Crippen molar-refractivity contribution in [3.05, 3.63) is 35.6 Å². The highest BCUT2D eigenvalue weighted by Gasteiger charge is 2.47. The minimum Gasteiger partial charge on any atom is -0.356 e. The number of nitrogens with zero attached hydrogens (tertiary/aromatic N) is 1. The van der Waals surface area contributed by atoms with Gasteiger partial charge in [-0.2, -0.15) is 0 Å². The van der Waals surface area contributed by atoms with Gasteiger partial charge in [0, 0.05) is 13.1 Å². The number of hydrogen-bond donors (Lipinski definition) is 2. The predicted octanol–water partition coefficient (Wildman–Crippen LogP) is 1.19. The highest BCUT2D eigenvalue weighted by molar-refractivity contribution is 5.92. The van der Waals surface area contributed by atoms with Crippen LogP contribution in [0.25, 0.3) is 0 Å². The molecule has 1 aromatic carbocycles. The Bertz CT molecular complexity index is 560. The maximum absolute atomic E-state index is 12.8. The van der Waals surface area contributed by atoms with E-state index in [2.05, 4.69) is 15.5 Å². The van der Waals surface area contributed by atoms with Crippen LogP contribution in [-0.4, -0.2) is 50.4 Å². The number of carbonyl (C=O) groups is 2. The van der Waals surface area contributed by atoms with Crippen molar-refractivity contribution in [2.45, 2.75) is 19.3 Å². The molecule has 0 aromatic heterocycles. The van der Waals surface area contributed by atoms with Gasteiger partial charge in [0.25, 0.3) is 0 Å². The molecule has 2 atom stereocenters. The van der Waals surface area contributed by atoms with Gasteiger partial charge in [0.15, 0.2) is 0 Å². The van der Waals surface area contributed by atoms with Gasteiger partial charge in [0.05, 0.1) is 11.8 Å². The lowest BCUT2D eigenvalue weighted by atomic mass is 10.1. The van der Waals surface area contributed by atoms with Crippen LogP contribution >= 0.6 is 0 Å². The summed E-state index contributed by atoms with van der Waals surface area (Å²) in [5.74, 6) is -0.736. The van der Waals surface area contributed by atoms with Crippen molar-refractivity contribution < 1.29 is 14.0 Å². The molecule has 24 heavy (non-hydrogen) atoms. The summed E-state index contributed by atoms with van der Waals surface area (Å²) >= 11 is 0. The molecule has 0 aliphatic heterocycles. The molecule has 2 unspecified atom stereocenters. The highest BCUT2D eigenvalue weighted by atomic mass is 19.1. The third kappa shape index (κ3) is 5.92. The van der Waals surface area contributed by atoms with E-state index in [-0.39, 0.29) is 29.5 Å². The predicted molar refractivity (Wildman–Crippen MR) is 90.9 cm³/mol. The molecule has 6 heteroatoms. The van der Waals surface area contributed by atoms with Gasteiger partial charge in [-0.3, -0.25) is 9.59 Å². The first kappa shape index (κ1) is 18.4. The topological polar surface area (TPSA) is 61.4 Å². The third-order valence-electron chi connectivity index (χ3n) is 4.17. The lowest BCUT2D eigenvalue weighted by molar-refractivity contribution is -0.127. The van der Waals surface area contributed by atoms with Crippen LogP contribution in [-0.2, 0) is 16.0 Å².